The summed E-state index contributed by atoms with van der Waals surface area (Å²) in [6.45, 7) is 11.3. The zero-order valence-electron chi connectivity index (χ0n) is 25.7. The van der Waals surface area contributed by atoms with Gasteiger partial charge >= 0.3 is 6.09 Å². The monoisotopic (exact) mass is 607 g/mol. The number of rotatable bonds is 11. The highest BCUT2D eigenvalue weighted by Gasteiger charge is 2.36. The maximum atomic E-state index is 14.4. The second-order valence-corrected chi connectivity index (χ2v) is 11.9. The third kappa shape index (κ3) is 9.48. The number of para-hydroxylation sites is 1. The number of ether oxygens (including phenoxy) is 1. The molecule has 230 valence electrons. The van der Waals surface area contributed by atoms with Gasteiger partial charge in [0.05, 0.1) is 10.7 Å². The molecule has 0 radical (unpaired) electrons. The summed E-state index contributed by atoms with van der Waals surface area (Å²) in [6, 6.07) is 17.3. The van der Waals surface area contributed by atoms with Gasteiger partial charge in [0.15, 0.2) is 0 Å². The zero-order chi connectivity index (χ0) is 31.7. The average molecular weight is 608 g/mol. The molecule has 3 rings (SSSR count). The summed E-state index contributed by atoms with van der Waals surface area (Å²) < 4.78 is 5.48. The van der Waals surface area contributed by atoms with E-state index < -0.39 is 35.6 Å². The van der Waals surface area contributed by atoms with Crippen LogP contribution in [-0.2, 0) is 27.2 Å². The van der Waals surface area contributed by atoms with Gasteiger partial charge in [0.25, 0.3) is 5.91 Å². The predicted octanol–water partition coefficient (Wildman–Crippen LogP) is 6.97. The SMILES string of the molecule is CCCN(C(=O)C(Cc1ccc(O)cc1)NC(=O)OC(C)(C)C)C(C(=O)Nc1c(C)cccc1Cl)c1ccc(CC)cc1. The maximum Gasteiger partial charge on any atom is 0.408 e. The van der Waals surface area contributed by atoms with Crippen molar-refractivity contribution in [3.05, 3.63) is 94.0 Å². The number of anilines is 1. The number of benzene rings is 3. The Morgan fingerprint density at radius 3 is 2.14 bits per heavy atom. The molecule has 0 spiro atoms. The van der Waals surface area contributed by atoms with Crippen LogP contribution < -0.4 is 10.6 Å². The van der Waals surface area contributed by atoms with Crippen LogP contribution in [0.25, 0.3) is 0 Å². The van der Waals surface area contributed by atoms with Crippen molar-refractivity contribution < 1.29 is 24.2 Å². The van der Waals surface area contributed by atoms with E-state index in [-0.39, 0.29) is 18.7 Å². The number of carbonyl (C=O) groups excluding carboxylic acids is 3. The van der Waals surface area contributed by atoms with Crippen LogP contribution in [0.3, 0.4) is 0 Å². The number of nitrogens with one attached hydrogen (secondary N) is 2. The molecule has 0 aliphatic heterocycles. The molecule has 0 aliphatic rings. The molecule has 0 saturated carbocycles. The summed E-state index contributed by atoms with van der Waals surface area (Å²) in [5, 5.41) is 15.9. The Kier molecular flexibility index (Phi) is 11.6. The lowest BCUT2D eigenvalue weighted by atomic mass is 9.98. The van der Waals surface area contributed by atoms with E-state index in [0.717, 1.165) is 17.5 Å². The molecular weight excluding hydrogens is 566 g/mol. The van der Waals surface area contributed by atoms with Crippen molar-refractivity contribution >= 4 is 35.2 Å². The first-order valence-corrected chi connectivity index (χ1v) is 14.9. The molecule has 2 atom stereocenters. The summed E-state index contributed by atoms with van der Waals surface area (Å²) in [5.41, 5.74) is 2.91. The van der Waals surface area contributed by atoms with Crippen LogP contribution in [0.4, 0.5) is 10.5 Å². The largest absolute Gasteiger partial charge is 0.508 e. The number of alkyl carbamates (subject to hydrolysis) is 1. The van der Waals surface area contributed by atoms with E-state index in [0.29, 0.717) is 28.3 Å². The molecule has 9 heteroatoms. The first-order valence-electron chi connectivity index (χ1n) is 14.6. The Morgan fingerprint density at radius 1 is 0.953 bits per heavy atom. The highest BCUT2D eigenvalue weighted by molar-refractivity contribution is 6.34. The van der Waals surface area contributed by atoms with Gasteiger partial charge in [-0.25, -0.2) is 4.79 Å². The van der Waals surface area contributed by atoms with Crippen molar-refractivity contribution in [2.75, 3.05) is 11.9 Å². The Labute approximate surface area is 259 Å². The Morgan fingerprint density at radius 2 is 1.58 bits per heavy atom. The maximum absolute atomic E-state index is 14.4. The van der Waals surface area contributed by atoms with Gasteiger partial charge in [0, 0.05) is 13.0 Å². The third-order valence-corrected chi connectivity index (χ3v) is 7.16. The Balaban J connectivity index is 2.07. The molecule has 3 aromatic carbocycles. The second kappa shape index (κ2) is 14.9. The van der Waals surface area contributed by atoms with Gasteiger partial charge in [0.2, 0.25) is 5.91 Å². The quantitative estimate of drug-likeness (QED) is 0.218. The molecule has 0 heterocycles. The van der Waals surface area contributed by atoms with Gasteiger partial charge in [0.1, 0.15) is 23.4 Å². The molecule has 0 aliphatic carbocycles. The summed E-state index contributed by atoms with van der Waals surface area (Å²) in [4.78, 5) is 43.0. The number of hydrogen-bond acceptors (Lipinski definition) is 5. The molecule has 3 aromatic rings. The fourth-order valence-electron chi connectivity index (χ4n) is 4.72. The van der Waals surface area contributed by atoms with Crippen molar-refractivity contribution in [2.45, 2.75) is 78.5 Å². The smallest absolute Gasteiger partial charge is 0.408 e. The molecule has 3 N–H and O–H groups in total. The number of aromatic hydroxyl groups is 1. The molecule has 0 saturated heterocycles. The molecule has 0 fully saturated rings. The summed E-state index contributed by atoms with van der Waals surface area (Å²) in [6.07, 6.45) is 0.750. The third-order valence-electron chi connectivity index (χ3n) is 6.85. The van der Waals surface area contributed by atoms with Gasteiger partial charge in [-0.2, -0.15) is 0 Å². The highest BCUT2D eigenvalue weighted by atomic mass is 35.5. The fourth-order valence-corrected chi connectivity index (χ4v) is 4.98. The van der Waals surface area contributed by atoms with Gasteiger partial charge < -0.3 is 25.4 Å². The van der Waals surface area contributed by atoms with Gasteiger partial charge in [-0.3, -0.25) is 9.59 Å². The molecule has 0 bridgehead atoms. The highest BCUT2D eigenvalue weighted by Crippen LogP contribution is 2.30. The number of hydrogen-bond donors (Lipinski definition) is 3. The normalized spacial score (nSPS) is 12.6. The fraction of sp³-hybridized carbons (Fsp3) is 0.382. The minimum absolute atomic E-state index is 0.0847. The standard InChI is InChI=1S/C34H42ClN3O5/c1-7-20-38(32(41)28(36-33(42)43-34(4,5)6)21-24-14-18-26(39)19-15-24)30(25-16-12-23(8-2)13-17-25)31(40)37-29-22(3)10-9-11-27(29)35/h9-19,28,30,39H,7-8,20-21H2,1-6H3,(H,36,42)(H,37,40). The van der Waals surface area contributed by atoms with Crippen molar-refractivity contribution in [3.63, 3.8) is 0 Å². The summed E-state index contributed by atoms with van der Waals surface area (Å²) in [5.74, 6) is -0.791. The zero-order valence-corrected chi connectivity index (χ0v) is 26.5. The van der Waals surface area contributed by atoms with Crippen molar-refractivity contribution in [2.24, 2.45) is 0 Å². The lowest BCUT2D eigenvalue weighted by molar-refractivity contribution is -0.140. The molecule has 3 amide bonds. The number of phenolic OH excluding ortho intramolecular Hbond substituents is 1. The van der Waals surface area contributed by atoms with Crippen LogP contribution in [0, 0.1) is 6.92 Å². The molecule has 0 aromatic heterocycles. The topological polar surface area (TPSA) is 108 Å². The van der Waals surface area contributed by atoms with E-state index >= 15 is 0 Å². The van der Waals surface area contributed by atoms with Crippen LogP contribution in [0.5, 0.6) is 5.75 Å². The van der Waals surface area contributed by atoms with Crippen LogP contribution in [-0.4, -0.2) is 46.1 Å². The minimum Gasteiger partial charge on any atom is -0.508 e. The van der Waals surface area contributed by atoms with Gasteiger partial charge in [-0.1, -0.05) is 74.0 Å². The van der Waals surface area contributed by atoms with E-state index in [9.17, 15) is 19.5 Å². The van der Waals surface area contributed by atoms with Crippen LogP contribution in [0.15, 0.2) is 66.7 Å². The number of halogens is 1. The molecular formula is C34H42ClN3O5. The predicted molar refractivity (Wildman–Crippen MR) is 170 cm³/mol. The molecule has 2 unspecified atom stereocenters. The van der Waals surface area contributed by atoms with E-state index in [4.69, 9.17) is 16.3 Å². The Bertz CT molecular complexity index is 1380. The molecule has 43 heavy (non-hydrogen) atoms. The lowest BCUT2D eigenvalue weighted by Gasteiger charge is -2.34. The van der Waals surface area contributed by atoms with Gasteiger partial charge in [-0.15, -0.1) is 0 Å². The van der Waals surface area contributed by atoms with Gasteiger partial charge in [-0.05, 0) is 81.0 Å². The lowest BCUT2D eigenvalue weighted by Crippen LogP contribution is -2.53. The van der Waals surface area contributed by atoms with Crippen LogP contribution >= 0.6 is 11.6 Å². The number of nitrogens with zero attached hydrogens (tertiary/aromatic N) is 1. The first kappa shape index (κ1) is 33.5. The van der Waals surface area contributed by atoms with E-state index in [1.165, 1.54) is 17.0 Å². The first-order chi connectivity index (χ1) is 20.3. The van der Waals surface area contributed by atoms with Crippen LogP contribution in [0.2, 0.25) is 5.02 Å². The number of carbonyl (C=O) groups is 3. The van der Waals surface area contributed by atoms with E-state index in [1.807, 2.05) is 51.1 Å². The number of phenols is 1. The Hall–Kier alpha value is -4.04. The number of aryl methyl sites for hydroxylation is 2. The second-order valence-electron chi connectivity index (χ2n) is 11.5. The van der Waals surface area contributed by atoms with E-state index in [2.05, 4.69) is 10.6 Å². The minimum atomic E-state index is -1.06. The average Bonchev–Trinajstić information content (AvgIpc) is 2.94. The van der Waals surface area contributed by atoms with Crippen molar-refractivity contribution in [1.82, 2.24) is 10.2 Å². The molecule has 8 nitrogen and oxygen atoms in total. The van der Waals surface area contributed by atoms with Crippen molar-refractivity contribution in [3.8, 4) is 5.75 Å². The summed E-state index contributed by atoms with van der Waals surface area (Å²) in [7, 11) is 0. The summed E-state index contributed by atoms with van der Waals surface area (Å²) >= 11 is 6.45. The van der Waals surface area contributed by atoms with Crippen LogP contribution in [0.1, 0.15) is 69.3 Å². The van der Waals surface area contributed by atoms with Crippen molar-refractivity contribution in [1.29, 1.82) is 0 Å². The van der Waals surface area contributed by atoms with E-state index in [1.54, 1.807) is 45.0 Å². The number of amides is 3.